The Hall–Kier alpha value is -1.39. The van der Waals surface area contributed by atoms with Gasteiger partial charge in [0.2, 0.25) is 0 Å². The van der Waals surface area contributed by atoms with Crippen molar-refractivity contribution in [2.45, 2.75) is 116 Å². The molecule has 2 unspecified atom stereocenters. The molecule has 0 aliphatic heterocycles. The fraction of sp³-hybridized carbons (Fsp3) is 0.720. The van der Waals surface area contributed by atoms with E-state index in [1.165, 1.54) is 50.5 Å². The second-order valence-electron chi connectivity index (χ2n) is 8.22. The minimum absolute atomic E-state index is 0.136. The van der Waals surface area contributed by atoms with Gasteiger partial charge in [0, 0.05) is 0 Å². The van der Waals surface area contributed by atoms with Gasteiger partial charge >= 0.3 is 5.97 Å². The Bertz CT molecular complexity index is 503. The van der Waals surface area contributed by atoms with E-state index in [0.29, 0.717) is 19.1 Å². The molecule has 0 saturated carbocycles. The van der Waals surface area contributed by atoms with Crippen molar-refractivity contribution >= 4 is 5.97 Å². The number of hydrogen-bond acceptors (Lipinski definition) is 3. The van der Waals surface area contributed by atoms with Gasteiger partial charge in [-0.25, -0.2) is 0 Å². The van der Waals surface area contributed by atoms with Crippen LogP contribution in [0.4, 0.5) is 0 Å². The highest BCUT2D eigenvalue weighted by Crippen LogP contribution is 2.18. The van der Waals surface area contributed by atoms with Gasteiger partial charge in [-0.05, 0) is 24.8 Å². The maximum Gasteiger partial charge on any atom is 0.305 e. The van der Waals surface area contributed by atoms with Crippen LogP contribution in [0.15, 0.2) is 30.3 Å². The smallest absolute Gasteiger partial charge is 0.305 e. The van der Waals surface area contributed by atoms with Crippen LogP contribution in [0.5, 0.6) is 0 Å². The molecule has 0 heterocycles. The highest BCUT2D eigenvalue weighted by molar-refractivity contribution is 5.67. The standard InChI is InChI=1S/C25H42O4/c1-2-3-4-13-18-24(29-21-22-15-10-9-11-16-22)19-14-8-6-5-7-12-17-23(26)20-25(27)28/h9-11,15-16,23-24,26H,2-8,12-14,17-21H2,1H3,(H,27,28). The quantitative estimate of drug-likeness (QED) is 0.257. The predicted octanol–water partition coefficient (Wildman–Crippen LogP) is 6.50. The van der Waals surface area contributed by atoms with Crippen LogP contribution >= 0.6 is 0 Å². The number of carboxylic acids is 1. The predicted molar refractivity (Wildman–Crippen MR) is 119 cm³/mol. The van der Waals surface area contributed by atoms with E-state index in [9.17, 15) is 9.90 Å². The molecule has 2 N–H and O–H groups in total. The second-order valence-corrected chi connectivity index (χ2v) is 8.22. The number of unbranched alkanes of at least 4 members (excludes halogenated alkanes) is 8. The van der Waals surface area contributed by atoms with Crippen LogP contribution in [0.1, 0.15) is 102 Å². The molecule has 0 fully saturated rings. The molecule has 0 amide bonds. The lowest BCUT2D eigenvalue weighted by Gasteiger charge is -2.18. The summed E-state index contributed by atoms with van der Waals surface area (Å²) < 4.78 is 6.24. The molecule has 4 nitrogen and oxygen atoms in total. The van der Waals surface area contributed by atoms with Gasteiger partial charge in [0.1, 0.15) is 0 Å². The topological polar surface area (TPSA) is 66.8 Å². The van der Waals surface area contributed by atoms with E-state index >= 15 is 0 Å². The lowest BCUT2D eigenvalue weighted by atomic mass is 10.0. The van der Waals surface area contributed by atoms with Crippen molar-refractivity contribution in [3.8, 4) is 0 Å². The minimum atomic E-state index is -0.920. The van der Waals surface area contributed by atoms with Crippen molar-refractivity contribution in [3.05, 3.63) is 35.9 Å². The first kappa shape index (κ1) is 25.6. The van der Waals surface area contributed by atoms with Gasteiger partial charge in [-0.1, -0.05) is 101 Å². The lowest BCUT2D eigenvalue weighted by molar-refractivity contribution is -0.139. The van der Waals surface area contributed by atoms with E-state index in [2.05, 4.69) is 31.2 Å². The van der Waals surface area contributed by atoms with Crippen LogP contribution in [0.25, 0.3) is 0 Å². The van der Waals surface area contributed by atoms with E-state index in [0.717, 1.165) is 32.1 Å². The second kappa shape index (κ2) is 17.5. The number of aliphatic hydroxyl groups is 1. The van der Waals surface area contributed by atoms with Gasteiger partial charge in [-0.2, -0.15) is 0 Å². The summed E-state index contributed by atoms with van der Waals surface area (Å²) in [5.74, 6) is -0.920. The average molecular weight is 407 g/mol. The fourth-order valence-electron chi connectivity index (χ4n) is 3.66. The molecule has 1 aromatic carbocycles. The molecule has 0 aliphatic carbocycles. The summed E-state index contributed by atoms with van der Waals surface area (Å²) >= 11 is 0. The van der Waals surface area contributed by atoms with E-state index < -0.39 is 12.1 Å². The number of aliphatic hydroxyl groups excluding tert-OH is 1. The van der Waals surface area contributed by atoms with E-state index in [4.69, 9.17) is 9.84 Å². The summed E-state index contributed by atoms with van der Waals surface area (Å²) in [5, 5.41) is 18.2. The van der Waals surface area contributed by atoms with E-state index in [-0.39, 0.29) is 6.42 Å². The number of aliphatic carboxylic acids is 1. The van der Waals surface area contributed by atoms with Gasteiger partial charge in [0.05, 0.1) is 25.2 Å². The zero-order valence-electron chi connectivity index (χ0n) is 18.4. The first-order valence-electron chi connectivity index (χ1n) is 11.7. The molecule has 4 heteroatoms. The molecule has 0 aromatic heterocycles. The Morgan fingerprint density at radius 1 is 0.862 bits per heavy atom. The van der Waals surface area contributed by atoms with Crippen molar-refractivity contribution in [3.63, 3.8) is 0 Å². The molecule has 2 atom stereocenters. The number of ether oxygens (including phenoxy) is 1. The molecule has 0 spiro atoms. The number of carbonyl (C=O) groups is 1. The molecule has 1 rings (SSSR count). The van der Waals surface area contributed by atoms with E-state index in [1.807, 2.05) is 6.07 Å². The van der Waals surface area contributed by atoms with Gasteiger partial charge < -0.3 is 14.9 Å². The third kappa shape index (κ3) is 15.2. The van der Waals surface area contributed by atoms with E-state index in [1.54, 1.807) is 0 Å². The zero-order valence-corrected chi connectivity index (χ0v) is 18.4. The third-order valence-corrected chi connectivity index (χ3v) is 5.43. The summed E-state index contributed by atoms with van der Waals surface area (Å²) in [5.41, 5.74) is 1.25. The Kier molecular flexibility index (Phi) is 15.4. The molecular weight excluding hydrogens is 364 g/mol. The highest BCUT2D eigenvalue weighted by Gasteiger charge is 2.10. The van der Waals surface area contributed by atoms with Gasteiger partial charge in [0.25, 0.3) is 0 Å². The van der Waals surface area contributed by atoms with Crippen molar-refractivity contribution in [2.75, 3.05) is 0 Å². The summed E-state index contributed by atoms with van der Waals surface area (Å²) in [6.07, 6.45) is 14.3. The first-order chi connectivity index (χ1) is 14.1. The van der Waals surface area contributed by atoms with Crippen molar-refractivity contribution in [1.29, 1.82) is 0 Å². The number of rotatable bonds is 19. The summed E-state index contributed by atoms with van der Waals surface area (Å²) in [6, 6.07) is 10.4. The maximum atomic E-state index is 10.5. The van der Waals surface area contributed by atoms with Crippen LogP contribution < -0.4 is 0 Å². The van der Waals surface area contributed by atoms with Crippen molar-refractivity contribution in [1.82, 2.24) is 0 Å². The summed E-state index contributed by atoms with van der Waals surface area (Å²) in [6.45, 7) is 2.95. The van der Waals surface area contributed by atoms with Crippen LogP contribution in [0.2, 0.25) is 0 Å². The zero-order chi connectivity index (χ0) is 21.2. The Labute approximate surface area is 177 Å². The van der Waals surface area contributed by atoms with Crippen molar-refractivity contribution < 1.29 is 19.7 Å². The molecule has 0 saturated heterocycles. The van der Waals surface area contributed by atoms with Crippen molar-refractivity contribution in [2.24, 2.45) is 0 Å². The molecular formula is C25H42O4. The van der Waals surface area contributed by atoms with Crippen LogP contribution in [0, 0.1) is 0 Å². The third-order valence-electron chi connectivity index (χ3n) is 5.43. The Balaban J connectivity index is 2.14. The average Bonchev–Trinajstić information content (AvgIpc) is 2.70. The first-order valence-corrected chi connectivity index (χ1v) is 11.7. The van der Waals surface area contributed by atoms with Gasteiger partial charge in [-0.3, -0.25) is 4.79 Å². The van der Waals surface area contributed by atoms with Gasteiger partial charge in [-0.15, -0.1) is 0 Å². The molecule has 29 heavy (non-hydrogen) atoms. The van der Waals surface area contributed by atoms with Crippen LogP contribution in [-0.2, 0) is 16.1 Å². The summed E-state index contributed by atoms with van der Waals surface area (Å²) in [4.78, 5) is 10.5. The minimum Gasteiger partial charge on any atom is -0.481 e. The molecule has 0 bridgehead atoms. The van der Waals surface area contributed by atoms with Gasteiger partial charge in [0.15, 0.2) is 0 Å². The lowest BCUT2D eigenvalue weighted by Crippen LogP contribution is -2.13. The molecule has 0 aliphatic rings. The SMILES string of the molecule is CCCCCCC(CCCCCCCCC(O)CC(=O)O)OCc1ccccc1. The maximum absolute atomic E-state index is 10.5. The summed E-state index contributed by atoms with van der Waals surface area (Å²) in [7, 11) is 0. The van der Waals surface area contributed by atoms with Crippen LogP contribution in [-0.4, -0.2) is 28.4 Å². The number of benzene rings is 1. The monoisotopic (exact) mass is 406 g/mol. The number of carboxylic acid groups (broad SMARTS) is 1. The normalized spacial score (nSPS) is 13.3. The number of hydrogen-bond donors (Lipinski definition) is 2. The highest BCUT2D eigenvalue weighted by atomic mass is 16.5. The molecule has 0 radical (unpaired) electrons. The largest absolute Gasteiger partial charge is 0.481 e. The Morgan fingerprint density at radius 2 is 1.41 bits per heavy atom. The molecule has 166 valence electrons. The molecule has 1 aromatic rings. The Morgan fingerprint density at radius 3 is 2.00 bits per heavy atom. The van der Waals surface area contributed by atoms with Crippen LogP contribution in [0.3, 0.4) is 0 Å². The fourth-order valence-corrected chi connectivity index (χ4v) is 3.66.